The van der Waals surface area contributed by atoms with Crippen LogP contribution in [-0.4, -0.2) is 17.7 Å². The Morgan fingerprint density at radius 2 is 2.17 bits per heavy atom. The highest BCUT2D eigenvalue weighted by atomic mass is 16.5. The molecule has 1 aromatic carbocycles. The fourth-order valence-corrected chi connectivity index (χ4v) is 1.61. The Hall–Kier alpha value is -2.17. The van der Waals surface area contributed by atoms with Gasteiger partial charge in [0.15, 0.2) is 12.4 Å². The Kier molecular flexibility index (Phi) is 4.59. The van der Waals surface area contributed by atoms with Crippen molar-refractivity contribution in [3.05, 3.63) is 24.0 Å². The predicted octanol–water partition coefficient (Wildman–Crippen LogP) is 2.81. The predicted molar refractivity (Wildman–Crippen MR) is 69.8 cm³/mol. The zero-order chi connectivity index (χ0) is 13.7. The molecule has 0 aliphatic carbocycles. The molecule has 0 radical (unpaired) electrons. The van der Waals surface area contributed by atoms with Gasteiger partial charge in [-0.3, -0.25) is 0 Å². The molecule has 0 aliphatic rings. The molecule has 0 fully saturated rings. The molecule has 5 nitrogen and oxygen atoms in total. The quantitative estimate of drug-likeness (QED) is 0.819. The Morgan fingerprint density at radius 3 is 2.78 bits per heavy atom. The van der Waals surface area contributed by atoms with E-state index < -0.39 is 12.6 Å². The first kappa shape index (κ1) is 13.9. The Labute approximate surface area is 105 Å². The molecule has 0 saturated carbocycles. The first-order valence-electron chi connectivity index (χ1n) is 5.70. The van der Waals surface area contributed by atoms with Crippen molar-refractivity contribution in [3.63, 3.8) is 0 Å². The molecule has 2 aromatic rings. The number of hydrogen-bond acceptors (Lipinski definition) is 4. The molecule has 0 amide bonds. The van der Waals surface area contributed by atoms with Crippen LogP contribution in [0.5, 0.6) is 5.75 Å². The van der Waals surface area contributed by atoms with E-state index in [0.29, 0.717) is 22.4 Å². The lowest BCUT2D eigenvalue weighted by Crippen LogP contribution is -2.10. The number of nitrogens with two attached hydrogens (primary N) is 1. The van der Waals surface area contributed by atoms with Gasteiger partial charge < -0.3 is 20.0 Å². The third-order valence-electron chi connectivity index (χ3n) is 2.24. The highest BCUT2D eigenvalue weighted by Gasteiger charge is 2.13. The van der Waals surface area contributed by atoms with Gasteiger partial charge in [-0.15, -0.1) is 0 Å². The van der Waals surface area contributed by atoms with Crippen LogP contribution in [0.4, 0.5) is 5.69 Å². The van der Waals surface area contributed by atoms with Crippen LogP contribution in [0.25, 0.3) is 11.0 Å². The summed E-state index contributed by atoms with van der Waals surface area (Å²) in [5.74, 6) is -0.687. The fraction of sp³-hybridized carbons (Fsp3) is 0.308. The molecule has 0 aliphatic heterocycles. The summed E-state index contributed by atoms with van der Waals surface area (Å²) in [6, 6.07) is 3.40. The number of carbonyl (C=O) groups is 1. The normalized spacial score (nSPS) is 9.72. The second kappa shape index (κ2) is 5.95. The first-order valence-corrected chi connectivity index (χ1v) is 5.70. The van der Waals surface area contributed by atoms with Gasteiger partial charge >= 0.3 is 5.97 Å². The minimum absolute atomic E-state index is 0.358. The molecule has 0 unspecified atom stereocenters. The van der Waals surface area contributed by atoms with E-state index in [4.69, 9.17) is 20.0 Å². The standard InChI is InChI=1S/C11H11NO4.C2H6/c1-6-4-8(12)11(16-5-9(13)14)7-2-3-15-10(6)7;1-2/h2-4H,5,12H2,1H3,(H,13,14);1-2H3. The molecular weight excluding hydrogens is 234 g/mol. The number of aryl methyl sites for hydroxylation is 1. The van der Waals surface area contributed by atoms with Crippen LogP contribution in [0.2, 0.25) is 0 Å². The summed E-state index contributed by atoms with van der Waals surface area (Å²) in [7, 11) is 0. The number of benzene rings is 1. The van der Waals surface area contributed by atoms with E-state index >= 15 is 0 Å². The van der Waals surface area contributed by atoms with Gasteiger partial charge in [-0.2, -0.15) is 0 Å². The van der Waals surface area contributed by atoms with Gasteiger partial charge in [-0.1, -0.05) is 13.8 Å². The van der Waals surface area contributed by atoms with Crippen LogP contribution < -0.4 is 10.5 Å². The molecule has 98 valence electrons. The summed E-state index contributed by atoms with van der Waals surface area (Å²) in [5.41, 5.74) is 7.73. The Morgan fingerprint density at radius 1 is 1.50 bits per heavy atom. The number of anilines is 1. The molecule has 0 bridgehead atoms. The maximum atomic E-state index is 10.4. The number of rotatable bonds is 3. The van der Waals surface area contributed by atoms with Crippen molar-refractivity contribution < 1.29 is 19.1 Å². The number of aliphatic carboxylic acids is 1. The average Bonchev–Trinajstić information content (AvgIpc) is 2.80. The molecular formula is C13H17NO4. The van der Waals surface area contributed by atoms with Crippen molar-refractivity contribution in [1.29, 1.82) is 0 Å². The van der Waals surface area contributed by atoms with E-state index in [-0.39, 0.29) is 0 Å². The number of furan rings is 1. The minimum atomic E-state index is -1.04. The molecule has 1 aromatic heterocycles. The smallest absolute Gasteiger partial charge is 0.341 e. The van der Waals surface area contributed by atoms with E-state index in [9.17, 15) is 4.79 Å². The SMILES string of the molecule is CC.Cc1cc(N)c(OCC(=O)O)c2ccoc12. The number of nitrogen functional groups attached to an aromatic ring is 1. The summed E-state index contributed by atoms with van der Waals surface area (Å²) < 4.78 is 10.4. The van der Waals surface area contributed by atoms with Crippen molar-refractivity contribution in [2.45, 2.75) is 20.8 Å². The minimum Gasteiger partial charge on any atom is -0.479 e. The van der Waals surface area contributed by atoms with Gasteiger partial charge in [0.1, 0.15) is 5.58 Å². The zero-order valence-electron chi connectivity index (χ0n) is 10.7. The first-order chi connectivity index (χ1) is 8.59. The highest BCUT2D eigenvalue weighted by Crippen LogP contribution is 2.34. The van der Waals surface area contributed by atoms with Crippen LogP contribution in [-0.2, 0) is 4.79 Å². The van der Waals surface area contributed by atoms with Gasteiger partial charge in [0, 0.05) is 0 Å². The van der Waals surface area contributed by atoms with Crippen molar-refractivity contribution in [2.24, 2.45) is 0 Å². The zero-order valence-corrected chi connectivity index (χ0v) is 10.7. The highest BCUT2D eigenvalue weighted by molar-refractivity contribution is 5.92. The lowest BCUT2D eigenvalue weighted by Gasteiger charge is -2.09. The van der Waals surface area contributed by atoms with E-state index in [0.717, 1.165) is 5.56 Å². The monoisotopic (exact) mass is 251 g/mol. The maximum absolute atomic E-state index is 10.4. The third-order valence-corrected chi connectivity index (χ3v) is 2.24. The Bertz CT molecular complexity index is 545. The van der Waals surface area contributed by atoms with Crippen molar-refractivity contribution in [2.75, 3.05) is 12.3 Å². The van der Waals surface area contributed by atoms with Gasteiger partial charge in [-0.05, 0) is 24.6 Å². The number of fused-ring (bicyclic) bond motifs is 1. The fourth-order valence-electron chi connectivity index (χ4n) is 1.61. The van der Waals surface area contributed by atoms with E-state index in [2.05, 4.69) is 0 Å². The number of carboxylic acids is 1. The van der Waals surface area contributed by atoms with Crippen LogP contribution in [0.3, 0.4) is 0 Å². The molecule has 18 heavy (non-hydrogen) atoms. The van der Waals surface area contributed by atoms with Crippen molar-refractivity contribution >= 4 is 22.6 Å². The lowest BCUT2D eigenvalue weighted by atomic mass is 10.1. The average molecular weight is 251 g/mol. The lowest BCUT2D eigenvalue weighted by molar-refractivity contribution is -0.139. The molecule has 5 heteroatoms. The second-order valence-corrected chi connectivity index (χ2v) is 3.46. The van der Waals surface area contributed by atoms with Gasteiger partial charge in [0.05, 0.1) is 17.3 Å². The molecule has 0 saturated heterocycles. The summed E-state index contributed by atoms with van der Waals surface area (Å²) in [6.45, 7) is 5.44. The van der Waals surface area contributed by atoms with Crippen molar-refractivity contribution in [1.82, 2.24) is 0 Å². The number of carboxylic acid groups (broad SMARTS) is 1. The summed E-state index contributed by atoms with van der Waals surface area (Å²) in [5, 5.41) is 9.25. The topological polar surface area (TPSA) is 85.7 Å². The van der Waals surface area contributed by atoms with Crippen LogP contribution in [0.1, 0.15) is 19.4 Å². The van der Waals surface area contributed by atoms with Gasteiger partial charge in [0.25, 0.3) is 0 Å². The summed E-state index contributed by atoms with van der Waals surface area (Å²) in [6.07, 6.45) is 1.52. The third kappa shape index (κ3) is 2.74. The largest absolute Gasteiger partial charge is 0.479 e. The van der Waals surface area contributed by atoms with E-state index in [1.165, 1.54) is 6.26 Å². The number of hydrogen-bond donors (Lipinski definition) is 2. The molecule has 1 heterocycles. The van der Waals surface area contributed by atoms with Crippen LogP contribution >= 0.6 is 0 Å². The van der Waals surface area contributed by atoms with Gasteiger partial charge in [-0.25, -0.2) is 4.79 Å². The summed E-state index contributed by atoms with van der Waals surface area (Å²) >= 11 is 0. The molecule has 3 N–H and O–H groups in total. The van der Waals surface area contributed by atoms with Crippen LogP contribution in [0, 0.1) is 6.92 Å². The molecule has 0 spiro atoms. The van der Waals surface area contributed by atoms with E-state index in [1.54, 1.807) is 12.1 Å². The van der Waals surface area contributed by atoms with Gasteiger partial charge in [0.2, 0.25) is 0 Å². The van der Waals surface area contributed by atoms with E-state index in [1.807, 2.05) is 20.8 Å². The second-order valence-electron chi connectivity index (χ2n) is 3.46. The van der Waals surface area contributed by atoms with Crippen LogP contribution in [0.15, 0.2) is 22.8 Å². The maximum Gasteiger partial charge on any atom is 0.341 e. The number of ether oxygens (including phenoxy) is 1. The Balaban J connectivity index is 0.000000771. The molecule has 0 atom stereocenters. The molecule has 2 rings (SSSR count). The summed E-state index contributed by atoms with van der Waals surface area (Å²) in [4.78, 5) is 10.4. The van der Waals surface area contributed by atoms with Crippen molar-refractivity contribution in [3.8, 4) is 5.75 Å².